The van der Waals surface area contributed by atoms with Crippen LogP contribution in [0.5, 0.6) is 0 Å². The van der Waals surface area contributed by atoms with Gasteiger partial charge in [-0.3, -0.25) is 10.1 Å². The minimum Gasteiger partial charge on any atom is -0.480 e. The lowest BCUT2D eigenvalue weighted by Gasteiger charge is -2.33. The van der Waals surface area contributed by atoms with E-state index in [0.717, 1.165) is 0 Å². The van der Waals surface area contributed by atoms with Crippen LogP contribution in [-0.2, 0) is 4.79 Å². The van der Waals surface area contributed by atoms with Gasteiger partial charge in [0.25, 0.3) is 0 Å². The monoisotopic (exact) mass is 177 g/mol. The Balaban J connectivity index is 2.65. The number of rotatable bonds is 1. The summed E-state index contributed by atoms with van der Waals surface area (Å²) >= 11 is 0. The van der Waals surface area contributed by atoms with Gasteiger partial charge in [0.05, 0.1) is 6.10 Å². The summed E-state index contributed by atoms with van der Waals surface area (Å²) in [5, 5.41) is 38.1. The van der Waals surface area contributed by atoms with Gasteiger partial charge in [-0.2, -0.15) is 0 Å². The molecular formula is C6H11NO5. The highest BCUT2D eigenvalue weighted by molar-refractivity contribution is 5.74. The van der Waals surface area contributed by atoms with Gasteiger partial charge < -0.3 is 20.4 Å². The topological polar surface area (TPSA) is 110 Å². The molecule has 1 aliphatic rings. The first-order valence-corrected chi connectivity index (χ1v) is 3.54. The van der Waals surface area contributed by atoms with E-state index < -0.39 is 30.3 Å². The summed E-state index contributed by atoms with van der Waals surface area (Å²) in [5.74, 6) is -1.24. The first kappa shape index (κ1) is 9.40. The summed E-state index contributed by atoms with van der Waals surface area (Å²) in [6.45, 7) is -0.0325. The molecular weight excluding hydrogens is 166 g/mol. The maximum atomic E-state index is 10.4. The molecule has 1 fully saturated rings. The van der Waals surface area contributed by atoms with E-state index in [0.29, 0.717) is 0 Å². The van der Waals surface area contributed by atoms with Crippen molar-refractivity contribution in [2.24, 2.45) is 0 Å². The summed E-state index contributed by atoms with van der Waals surface area (Å²) in [6, 6.07) is -1.21. The van der Waals surface area contributed by atoms with Gasteiger partial charge in [0.1, 0.15) is 18.2 Å². The quantitative estimate of drug-likeness (QED) is 0.294. The van der Waals surface area contributed by atoms with Gasteiger partial charge in [-0.25, -0.2) is 0 Å². The first-order valence-electron chi connectivity index (χ1n) is 3.54. The Bertz CT molecular complexity index is 185. The number of β-amino-alcohol motifs (C(OH)–C–C–N with tert-alkyl or cyclic N) is 1. The molecule has 6 heteroatoms. The van der Waals surface area contributed by atoms with Crippen LogP contribution in [0.2, 0.25) is 0 Å². The van der Waals surface area contributed by atoms with Gasteiger partial charge in [-0.1, -0.05) is 0 Å². The van der Waals surface area contributed by atoms with Crippen molar-refractivity contribution >= 4 is 5.97 Å². The lowest BCUT2D eigenvalue weighted by molar-refractivity contribution is -0.152. The van der Waals surface area contributed by atoms with E-state index in [1.54, 1.807) is 0 Å². The van der Waals surface area contributed by atoms with Crippen molar-refractivity contribution in [3.8, 4) is 0 Å². The second kappa shape index (κ2) is 3.36. The van der Waals surface area contributed by atoms with Gasteiger partial charge in [-0.05, 0) is 0 Å². The van der Waals surface area contributed by atoms with E-state index in [1.165, 1.54) is 0 Å². The molecule has 5 N–H and O–H groups in total. The zero-order valence-corrected chi connectivity index (χ0v) is 6.21. The number of carbonyl (C=O) groups is 1. The average Bonchev–Trinajstić information content (AvgIpc) is 2.00. The number of aliphatic carboxylic acids is 1. The van der Waals surface area contributed by atoms with Crippen molar-refractivity contribution in [2.75, 3.05) is 6.54 Å². The number of hydrogen-bond acceptors (Lipinski definition) is 5. The predicted molar refractivity (Wildman–Crippen MR) is 37.4 cm³/mol. The van der Waals surface area contributed by atoms with E-state index in [-0.39, 0.29) is 6.54 Å². The molecule has 0 aliphatic carbocycles. The van der Waals surface area contributed by atoms with Gasteiger partial charge in [0, 0.05) is 6.54 Å². The van der Waals surface area contributed by atoms with E-state index in [1.807, 2.05) is 0 Å². The number of nitrogens with one attached hydrogen (secondary N) is 1. The Morgan fingerprint density at radius 3 is 2.33 bits per heavy atom. The zero-order chi connectivity index (χ0) is 9.30. The summed E-state index contributed by atoms with van der Waals surface area (Å²) in [6.07, 6.45) is -3.98. The molecule has 0 amide bonds. The molecule has 1 saturated heterocycles. The third-order valence-corrected chi connectivity index (χ3v) is 1.90. The number of hydrogen-bond donors (Lipinski definition) is 5. The van der Waals surface area contributed by atoms with E-state index in [2.05, 4.69) is 5.32 Å². The second-order valence-electron chi connectivity index (χ2n) is 2.77. The predicted octanol–water partition coefficient (Wildman–Crippen LogP) is -2.87. The molecule has 70 valence electrons. The average molecular weight is 177 g/mol. The number of carboxylic acid groups (broad SMARTS) is 1. The Kier molecular flexibility index (Phi) is 2.63. The maximum Gasteiger partial charge on any atom is 0.323 e. The lowest BCUT2D eigenvalue weighted by Crippen LogP contribution is -2.62. The third kappa shape index (κ3) is 1.56. The minimum atomic E-state index is -1.47. The highest BCUT2D eigenvalue weighted by Crippen LogP contribution is 2.10. The van der Waals surface area contributed by atoms with Crippen molar-refractivity contribution in [3.63, 3.8) is 0 Å². The van der Waals surface area contributed by atoms with Crippen LogP contribution in [-0.4, -0.2) is 57.3 Å². The van der Waals surface area contributed by atoms with Crippen molar-refractivity contribution < 1.29 is 25.2 Å². The van der Waals surface area contributed by atoms with E-state index in [9.17, 15) is 4.79 Å². The van der Waals surface area contributed by atoms with Gasteiger partial charge in [0.15, 0.2) is 0 Å². The highest BCUT2D eigenvalue weighted by Gasteiger charge is 2.39. The van der Waals surface area contributed by atoms with Crippen LogP contribution in [0, 0.1) is 0 Å². The molecule has 0 radical (unpaired) electrons. The second-order valence-corrected chi connectivity index (χ2v) is 2.77. The normalized spacial score (nSPS) is 42.6. The zero-order valence-electron chi connectivity index (χ0n) is 6.21. The van der Waals surface area contributed by atoms with Crippen LogP contribution in [0.4, 0.5) is 0 Å². The van der Waals surface area contributed by atoms with Gasteiger partial charge in [-0.15, -0.1) is 0 Å². The van der Waals surface area contributed by atoms with Crippen molar-refractivity contribution in [2.45, 2.75) is 24.4 Å². The number of aliphatic hydroxyl groups excluding tert-OH is 3. The summed E-state index contributed by atoms with van der Waals surface area (Å²) in [5.41, 5.74) is 0. The fourth-order valence-corrected chi connectivity index (χ4v) is 1.15. The molecule has 12 heavy (non-hydrogen) atoms. The van der Waals surface area contributed by atoms with Gasteiger partial charge >= 0.3 is 5.97 Å². The van der Waals surface area contributed by atoms with Gasteiger partial charge in [0.2, 0.25) is 0 Å². The molecule has 0 unspecified atom stereocenters. The van der Waals surface area contributed by atoms with Crippen LogP contribution >= 0.6 is 0 Å². The van der Waals surface area contributed by atoms with Crippen LogP contribution in [0.25, 0.3) is 0 Å². The fraction of sp³-hybridized carbons (Fsp3) is 0.833. The van der Waals surface area contributed by atoms with Crippen molar-refractivity contribution in [1.82, 2.24) is 5.32 Å². The summed E-state index contributed by atoms with van der Waals surface area (Å²) in [7, 11) is 0. The van der Waals surface area contributed by atoms with Crippen LogP contribution in [0.1, 0.15) is 0 Å². The Morgan fingerprint density at radius 1 is 1.25 bits per heavy atom. The number of aliphatic hydroxyl groups is 3. The largest absolute Gasteiger partial charge is 0.480 e. The van der Waals surface area contributed by atoms with Crippen molar-refractivity contribution in [1.29, 1.82) is 0 Å². The van der Waals surface area contributed by atoms with Crippen LogP contribution in [0.3, 0.4) is 0 Å². The van der Waals surface area contributed by atoms with Crippen molar-refractivity contribution in [3.05, 3.63) is 0 Å². The van der Waals surface area contributed by atoms with Crippen LogP contribution in [0.15, 0.2) is 0 Å². The van der Waals surface area contributed by atoms with E-state index in [4.69, 9.17) is 20.4 Å². The number of piperidine rings is 1. The molecule has 0 aromatic heterocycles. The standard InChI is InChI=1S/C6H11NO5/c8-2-1-7-3(6(11)12)5(10)4(2)9/h2-5,7-10H,1H2,(H,11,12)/t2-,3+,4+,5+/m0/s1. The van der Waals surface area contributed by atoms with E-state index >= 15 is 0 Å². The molecule has 4 atom stereocenters. The molecule has 0 spiro atoms. The number of carboxylic acids is 1. The lowest BCUT2D eigenvalue weighted by atomic mass is 9.96. The Morgan fingerprint density at radius 2 is 1.83 bits per heavy atom. The molecule has 0 saturated carbocycles. The van der Waals surface area contributed by atoms with Crippen LogP contribution < -0.4 is 5.32 Å². The molecule has 1 rings (SSSR count). The molecule has 1 heterocycles. The maximum absolute atomic E-state index is 10.4. The Hall–Kier alpha value is -0.690. The molecule has 1 aliphatic heterocycles. The molecule has 6 nitrogen and oxygen atoms in total. The smallest absolute Gasteiger partial charge is 0.323 e. The first-order chi connectivity index (χ1) is 5.54. The highest BCUT2D eigenvalue weighted by atomic mass is 16.4. The molecule has 0 bridgehead atoms. The minimum absolute atomic E-state index is 0.0325. The molecule has 0 aromatic rings. The Labute approximate surface area is 68.4 Å². The third-order valence-electron chi connectivity index (χ3n) is 1.90. The molecule has 0 aromatic carbocycles. The summed E-state index contributed by atoms with van der Waals surface area (Å²) in [4.78, 5) is 10.4. The fourth-order valence-electron chi connectivity index (χ4n) is 1.15. The summed E-state index contributed by atoms with van der Waals surface area (Å²) < 4.78 is 0. The SMILES string of the molecule is O=C(O)[C@@H]1NC[C@H](O)[C@@H](O)[C@@H]1O.